The van der Waals surface area contributed by atoms with Crippen molar-refractivity contribution in [1.82, 2.24) is 4.57 Å². The number of nitrogens with one attached hydrogen (secondary N) is 2. The number of aryl methyl sites for hydroxylation is 1. The predicted molar refractivity (Wildman–Crippen MR) is 101 cm³/mol. The van der Waals surface area contributed by atoms with Crippen molar-refractivity contribution < 1.29 is 9.59 Å². The monoisotopic (exact) mass is 355 g/mol. The summed E-state index contributed by atoms with van der Waals surface area (Å²) in [6.07, 6.45) is 2.29. The molecule has 2 amide bonds. The molecule has 0 bridgehead atoms. The van der Waals surface area contributed by atoms with E-state index >= 15 is 0 Å². The average molecular weight is 356 g/mol. The van der Waals surface area contributed by atoms with Crippen molar-refractivity contribution in [3.8, 4) is 0 Å². The number of carbonyl (C=O) groups excluding carboxylic acids is 2. The largest absolute Gasteiger partial charge is 0.347 e. The molecule has 0 aliphatic heterocycles. The second kappa shape index (κ2) is 7.40. The molecule has 0 atom stereocenters. The summed E-state index contributed by atoms with van der Waals surface area (Å²) in [6.45, 7) is 2.02. The summed E-state index contributed by atoms with van der Waals surface area (Å²) < 4.78 is 2.01. The van der Waals surface area contributed by atoms with Crippen LogP contribution in [0.2, 0.25) is 5.02 Å². The third-order valence-electron chi connectivity index (χ3n) is 3.83. The highest BCUT2D eigenvalue weighted by molar-refractivity contribution is 6.35. The summed E-state index contributed by atoms with van der Waals surface area (Å²) in [6, 6.07) is 14.7. The number of benzene rings is 2. The molecule has 25 heavy (non-hydrogen) atoms. The van der Waals surface area contributed by atoms with Gasteiger partial charge in [-0.25, -0.2) is 0 Å². The fraction of sp³-hybridized carbons (Fsp3) is 0.158. The number of amides is 2. The molecular weight excluding hydrogens is 338 g/mol. The quantitative estimate of drug-likeness (QED) is 0.717. The number of hydrogen-bond acceptors (Lipinski definition) is 2. The lowest BCUT2D eigenvalue weighted by atomic mass is 10.2. The summed E-state index contributed by atoms with van der Waals surface area (Å²) in [5.41, 5.74) is 2.40. The van der Waals surface area contributed by atoms with Gasteiger partial charge in [-0.3, -0.25) is 9.59 Å². The highest BCUT2D eigenvalue weighted by atomic mass is 35.5. The number of carbonyl (C=O) groups is 2. The van der Waals surface area contributed by atoms with Gasteiger partial charge in [0.1, 0.15) is 0 Å². The summed E-state index contributed by atoms with van der Waals surface area (Å²) in [4.78, 5) is 23.1. The third kappa shape index (κ3) is 4.19. The smallest absolute Gasteiger partial charge is 0.226 e. The highest BCUT2D eigenvalue weighted by Gasteiger charge is 2.07. The number of aromatic nitrogens is 1. The van der Waals surface area contributed by atoms with E-state index in [1.807, 2.05) is 35.0 Å². The standard InChI is InChI=1S/C19H18ClN3O2/c1-13(24)21-14-5-7-15(8-6-14)22-19(25)10-12-23-11-9-16-17(20)3-2-4-18(16)23/h2-9,11H,10,12H2,1H3,(H,21,24)(H,22,25). The molecule has 0 aliphatic rings. The van der Waals surface area contributed by atoms with Gasteiger partial charge in [0, 0.05) is 53.4 Å². The zero-order chi connectivity index (χ0) is 17.8. The topological polar surface area (TPSA) is 63.1 Å². The van der Waals surface area contributed by atoms with Crippen LogP contribution >= 0.6 is 11.6 Å². The Kier molecular flexibility index (Phi) is 5.05. The molecule has 2 aromatic carbocycles. The SMILES string of the molecule is CC(=O)Nc1ccc(NC(=O)CCn2ccc3c(Cl)cccc32)cc1. The molecule has 1 aromatic heterocycles. The molecular formula is C19H18ClN3O2. The fourth-order valence-corrected chi connectivity index (χ4v) is 2.90. The van der Waals surface area contributed by atoms with Gasteiger partial charge in [0.2, 0.25) is 11.8 Å². The number of rotatable bonds is 5. The van der Waals surface area contributed by atoms with E-state index in [4.69, 9.17) is 11.6 Å². The first-order valence-electron chi connectivity index (χ1n) is 7.94. The molecule has 3 rings (SSSR count). The molecule has 0 saturated carbocycles. The van der Waals surface area contributed by atoms with Gasteiger partial charge < -0.3 is 15.2 Å². The Labute approximate surface area is 150 Å². The van der Waals surface area contributed by atoms with Crippen LogP contribution in [-0.4, -0.2) is 16.4 Å². The van der Waals surface area contributed by atoms with Crippen LogP contribution in [-0.2, 0) is 16.1 Å². The normalized spacial score (nSPS) is 10.6. The maximum absolute atomic E-state index is 12.2. The zero-order valence-electron chi connectivity index (χ0n) is 13.8. The maximum Gasteiger partial charge on any atom is 0.226 e. The Balaban J connectivity index is 1.59. The van der Waals surface area contributed by atoms with Crippen LogP contribution in [0.3, 0.4) is 0 Å². The molecule has 0 aliphatic carbocycles. The number of hydrogen-bond donors (Lipinski definition) is 2. The van der Waals surface area contributed by atoms with E-state index in [1.54, 1.807) is 24.3 Å². The number of fused-ring (bicyclic) bond motifs is 1. The van der Waals surface area contributed by atoms with Crippen molar-refractivity contribution in [2.24, 2.45) is 0 Å². The van der Waals surface area contributed by atoms with Crippen LogP contribution in [0.25, 0.3) is 10.9 Å². The van der Waals surface area contributed by atoms with E-state index in [2.05, 4.69) is 10.6 Å². The third-order valence-corrected chi connectivity index (χ3v) is 4.16. The zero-order valence-corrected chi connectivity index (χ0v) is 14.5. The van der Waals surface area contributed by atoms with E-state index in [0.717, 1.165) is 10.9 Å². The van der Waals surface area contributed by atoms with Crippen LogP contribution in [0.15, 0.2) is 54.7 Å². The summed E-state index contributed by atoms with van der Waals surface area (Å²) in [7, 11) is 0. The predicted octanol–water partition coefficient (Wildman–Crippen LogP) is 4.28. The van der Waals surface area contributed by atoms with E-state index in [9.17, 15) is 9.59 Å². The van der Waals surface area contributed by atoms with Gasteiger partial charge >= 0.3 is 0 Å². The lowest BCUT2D eigenvalue weighted by Crippen LogP contribution is -2.14. The first-order chi connectivity index (χ1) is 12.0. The van der Waals surface area contributed by atoms with Gasteiger partial charge in [-0.2, -0.15) is 0 Å². The van der Waals surface area contributed by atoms with Gasteiger partial charge in [-0.05, 0) is 42.5 Å². The number of nitrogens with zero attached hydrogens (tertiary/aromatic N) is 1. The van der Waals surface area contributed by atoms with Crippen molar-refractivity contribution in [2.75, 3.05) is 10.6 Å². The Morgan fingerprint density at radius 2 is 1.68 bits per heavy atom. The van der Waals surface area contributed by atoms with Crippen molar-refractivity contribution in [3.63, 3.8) is 0 Å². The van der Waals surface area contributed by atoms with Crippen LogP contribution < -0.4 is 10.6 Å². The molecule has 1 heterocycles. The average Bonchev–Trinajstić information content (AvgIpc) is 2.99. The maximum atomic E-state index is 12.2. The van der Waals surface area contributed by atoms with E-state index < -0.39 is 0 Å². The minimum Gasteiger partial charge on any atom is -0.347 e. The summed E-state index contributed by atoms with van der Waals surface area (Å²) >= 11 is 6.17. The molecule has 5 nitrogen and oxygen atoms in total. The van der Waals surface area contributed by atoms with E-state index in [1.165, 1.54) is 6.92 Å². The van der Waals surface area contributed by atoms with Gasteiger partial charge in [-0.1, -0.05) is 17.7 Å². The summed E-state index contributed by atoms with van der Waals surface area (Å²) in [5.74, 6) is -0.202. The Hall–Kier alpha value is -2.79. The lowest BCUT2D eigenvalue weighted by Gasteiger charge is -2.08. The van der Waals surface area contributed by atoms with Gasteiger partial charge in [0.25, 0.3) is 0 Å². The minimum absolute atomic E-state index is 0.0730. The Bertz CT molecular complexity index is 916. The summed E-state index contributed by atoms with van der Waals surface area (Å²) in [5, 5.41) is 7.23. The lowest BCUT2D eigenvalue weighted by molar-refractivity contribution is -0.116. The van der Waals surface area contributed by atoms with Gasteiger partial charge in [-0.15, -0.1) is 0 Å². The second-order valence-corrected chi connectivity index (χ2v) is 6.15. The van der Waals surface area contributed by atoms with Crippen LogP contribution in [0, 0.1) is 0 Å². The van der Waals surface area contributed by atoms with Gasteiger partial charge in [0.15, 0.2) is 0 Å². The van der Waals surface area contributed by atoms with Gasteiger partial charge in [0.05, 0.1) is 0 Å². The molecule has 0 radical (unpaired) electrons. The highest BCUT2D eigenvalue weighted by Crippen LogP contribution is 2.24. The fourth-order valence-electron chi connectivity index (χ4n) is 2.67. The first kappa shape index (κ1) is 17.0. The van der Waals surface area contributed by atoms with E-state index in [0.29, 0.717) is 29.4 Å². The molecule has 0 spiro atoms. The van der Waals surface area contributed by atoms with Crippen molar-refractivity contribution >= 4 is 45.7 Å². The Morgan fingerprint density at radius 1 is 1.00 bits per heavy atom. The van der Waals surface area contributed by atoms with Crippen molar-refractivity contribution in [3.05, 3.63) is 59.8 Å². The van der Waals surface area contributed by atoms with Crippen LogP contribution in [0.4, 0.5) is 11.4 Å². The second-order valence-electron chi connectivity index (χ2n) is 5.74. The molecule has 3 aromatic rings. The molecule has 0 saturated heterocycles. The molecule has 6 heteroatoms. The molecule has 128 valence electrons. The van der Waals surface area contributed by atoms with Crippen LogP contribution in [0.5, 0.6) is 0 Å². The van der Waals surface area contributed by atoms with Crippen molar-refractivity contribution in [2.45, 2.75) is 19.9 Å². The van der Waals surface area contributed by atoms with E-state index in [-0.39, 0.29) is 11.8 Å². The number of halogens is 1. The van der Waals surface area contributed by atoms with Crippen LogP contribution in [0.1, 0.15) is 13.3 Å². The minimum atomic E-state index is -0.129. The molecule has 2 N–H and O–H groups in total. The Morgan fingerprint density at radius 3 is 2.36 bits per heavy atom. The first-order valence-corrected chi connectivity index (χ1v) is 8.31. The molecule has 0 unspecified atom stereocenters. The number of anilines is 2. The molecule has 0 fully saturated rings. The van der Waals surface area contributed by atoms with Crippen molar-refractivity contribution in [1.29, 1.82) is 0 Å².